The fourth-order valence-corrected chi connectivity index (χ4v) is 3.27. The predicted molar refractivity (Wildman–Crippen MR) is 93.7 cm³/mol. The van der Waals surface area contributed by atoms with E-state index in [2.05, 4.69) is 21.2 Å². The monoisotopic (exact) mass is 410 g/mol. The number of carbonyl (C=O) groups excluding carboxylic acids is 2. The van der Waals surface area contributed by atoms with E-state index in [1.165, 1.54) is 12.0 Å². The number of ether oxygens (including phenoxy) is 1. The number of nitrogens with zero attached hydrogens (tertiary/aromatic N) is 1. The molecule has 0 unspecified atom stereocenters. The standard InChI is InChI=1S/C17H19BrN2O5/c1-10-14(16(23)25-2)15(11-6-3-4-7-12(11)18)19-17(24)20(10)9-5-8-13(21)22/h3-4,6-7,15H,5,8-9H2,1-2H3,(H,19,24)(H,21,22)/t15-/m1/s1. The topological polar surface area (TPSA) is 95.9 Å². The number of benzene rings is 1. The molecule has 0 fully saturated rings. The van der Waals surface area contributed by atoms with Crippen LogP contribution in [0.4, 0.5) is 4.79 Å². The number of esters is 1. The van der Waals surface area contributed by atoms with Crippen LogP contribution in [0.3, 0.4) is 0 Å². The lowest BCUT2D eigenvalue weighted by Crippen LogP contribution is -2.48. The van der Waals surface area contributed by atoms with Crippen LogP contribution in [0, 0.1) is 0 Å². The Bertz CT molecular complexity index is 732. The highest BCUT2D eigenvalue weighted by atomic mass is 79.9. The third-order valence-corrected chi connectivity index (χ3v) is 4.71. The first kappa shape index (κ1) is 19.0. The van der Waals surface area contributed by atoms with Crippen molar-refractivity contribution in [3.63, 3.8) is 0 Å². The van der Waals surface area contributed by atoms with Crippen molar-refractivity contribution in [1.82, 2.24) is 10.2 Å². The average Bonchev–Trinajstić information content (AvgIpc) is 2.57. The summed E-state index contributed by atoms with van der Waals surface area (Å²) in [5.41, 5.74) is 1.52. The van der Waals surface area contributed by atoms with Gasteiger partial charge in [0, 0.05) is 23.1 Å². The molecule has 0 bridgehead atoms. The van der Waals surface area contributed by atoms with Gasteiger partial charge in [0.25, 0.3) is 0 Å². The Morgan fingerprint density at radius 2 is 2.04 bits per heavy atom. The minimum absolute atomic E-state index is 0.0573. The number of carboxylic acids is 1. The van der Waals surface area contributed by atoms with Crippen LogP contribution >= 0.6 is 15.9 Å². The number of hydrogen-bond donors (Lipinski definition) is 2. The maximum atomic E-state index is 12.5. The molecular formula is C17H19BrN2O5. The highest BCUT2D eigenvalue weighted by molar-refractivity contribution is 9.10. The third-order valence-electron chi connectivity index (χ3n) is 3.99. The van der Waals surface area contributed by atoms with Gasteiger partial charge in [-0.2, -0.15) is 0 Å². The summed E-state index contributed by atoms with van der Waals surface area (Å²) in [6.45, 7) is 1.86. The second-order valence-corrected chi connectivity index (χ2v) is 6.40. The summed E-state index contributed by atoms with van der Waals surface area (Å²) in [4.78, 5) is 36.9. The predicted octanol–water partition coefficient (Wildman–Crippen LogP) is 2.83. The van der Waals surface area contributed by atoms with Crippen LogP contribution in [0.15, 0.2) is 40.0 Å². The van der Waals surface area contributed by atoms with E-state index in [0.29, 0.717) is 11.3 Å². The Morgan fingerprint density at radius 1 is 1.36 bits per heavy atom. The van der Waals surface area contributed by atoms with Crippen LogP contribution in [0.1, 0.15) is 31.4 Å². The Hall–Kier alpha value is -2.35. The molecule has 1 aromatic rings. The van der Waals surface area contributed by atoms with Crippen molar-refractivity contribution in [2.75, 3.05) is 13.7 Å². The number of methoxy groups -OCH3 is 1. The SMILES string of the molecule is COC(=O)C1=C(C)N(CCCC(=O)O)C(=O)N[C@@H]1c1ccccc1Br. The summed E-state index contributed by atoms with van der Waals surface area (Å²) >= 11 is 3.44. The Labute approximate surface area is 153 Å². The minimum Gasteiger partial charge on any atom is -0.481 e. The summed E-state index contributed by atoms with van der Waals surface area (Å²) in [5, 5.41) is 11.6. The zero-order valence-electron chi connectivity index (χ0n) is 13.9. The number of carboxylic acid groups (broad SMARTS) is 1. The Balaban J connectivity index is 2.41. The van der Waals surface area contributed by atoms with Crippen LogP contribution in [0.2, 0.25) is 0 Å². The van der Waals surface area contributed by atoms with E-state index in [-0.39, 0.29) is 25.4 Å². The van der Waals surface area contributed by atoms with Gasteiger partial charge >= 0.3 is 18.0 Å². The first-order valence-electron chi connectivity index (χ1n) is 7.70. The van der Waals surface area contributed by atoms with Crippen molar-refractivity contribution < 1.29 is 24.2 Å². The van der Waals surface area contributed by atoms with Crippen LogP contribution in [0.5, 0.6) is 0 Å². The minimum atomic E-state index is -0.932. The number of rotatable bonds is 6. The second kappa shape index (κ2) is 8.15. The molecule has 25 heavy (non-hydrogen) atoms. The molecule has 0 aliphatic carbocycles. The van der Waals surface area contributed by atoms with Crippen LogP contribution in [-0.2, 0) is 14.3 Å². The smallest absolute Gasteiger partial charge is 0.337 e. The molecule has 0 saturated heterocycles. The quantitative estimate of drug-likeness (QED) is 0.702. The first-order chi connectivity index (χ1) is 11.9. The largest absolute Gasteiger partial charge is 0.481 e. The number of amides is 2. The van der Waals surface area contributed by atoms with Crippen molar-refractivity contribution in [3.05, 3.63) is 45.6 Å². The van der Waals surface area contributed by atoms with Gasteiger partial charge in [-0.25, -0.2) is 9.59 Å². The molecule has 1 atom stereocenters. The van der Waals surface area contributed by atoms with Gasteiger partial charge in [-0.3, -0.25) is 9.69 Å². The van der Waals surface area contributed by atoms with E-state index in [0.717, 1.165) is 10.0 Å². The van der Waals surface area contributed by atoms with Gasteiger partial charge in [-0.15, -0.1) is 0 Å². The Kier molecular flexibility index (Phi) is 6.19. The van der Waals surface area contributed by atoms with Crippen LogP contribution < -0.4 is 5.32 Å². The van der Waals surface area contributed by atoms with Gasteiger partial charge in [0.05, 0.1) is 18.7 Å². The summed E-state index contributed by atoms with van der Waals surface area (Å²) in [7, 11) is 1.28. The van der Waals surface area contributed by atoms with E-state index in [4.69, 9.17) is 9.84 Å². The molecule has 2 N–H and O–H groups in total. The molecule has 2 rings (SSSR count). The number of nitrogens with one attached hydrogen (secondary N) is 1. The number of halogens is 1. The lowest BCUT2D eigenvalue weighted by Gasteiger charge is -2.35. The van der Waals surface area contributed by atoms with E-state index in [9.17, 15) is 14.4 Å². The molecule has 7 nitrogen and oxygen atoms in total. The van der Waals surface area contributed by atoms with Crippen molar-refractivity contribution in [2.45, 2.75) is 25.8 Å². The summed E-state index contributed by atoms with van der Waals surface area (Å²) in [5.74, 6) is -1.47. The van der Waals surface area contributed by atoms with E-state index >= 15 is 0 Å². The number of carbonyl (C=O) groups is 3. The number of hydrogen-bond acceptors (Lipinski definition) is 4. The molecule has 0 aromatic heterocycles. The van der Waals surface area contributed by atoms with E-state index in [1.54, 1.807) is 6.92 Å². The van der Waals surface area contributed by atoms with Gasteiger partial charge in [-0.05, 0) is 25.0 Å². The zero-order valence-corrected chi connectivity index (χ0v) is 15.5. The molecule has 0 saturated carbocycles. The molecule has 8 heteroatoms. The highest BCUT2D eigenvalue weighted by Gasteiger charge is 2.36. The maximum Gasteiger partial charge on any atom is 0.337 e. The number of urea groups is 1. The number of aliphatic carboxylic acids is 1. The van der Waals surface area contributed by atoms with Crippen molar-refractivity contribution in [1.29, 1.82) is 0 Å². The second-order valence-electron chi connectivity index (χ2n) is 5.54. The summed E-state index contributed by atoms with van der Waals surface area (Å²) < 4.78 is 5.65. The number of allylic oxidation sites excluding steroid dienone is 1. The van der Waals surface area contributed by atoms with E-state index < -0.39 is 18.0 Å². The highest BCUT2D eigenvalue weighted by Crippen LogP contribution is 2.34. The molecule has 1 aromatic carbocycles. The van der Waals surface area contributed by atoms with Crippen LogP contribution in [0.25, 0.3) is 0 Å². The molecule has 2 amide bonds. The average molecular weight is 411 g/mol. The molecule has 1 aliphatic heterocycles. The van der Waals surface area contributed by atoms with Crippen molar-refractivity contribution in [3.8, 4) is 0 Å². The van der Waals surface area contributed by atoms with Gasteiger partial charge in [0.15, 0.2) is 0 Å². The maximum absolute atomic E-state index is 12.5. The fraction of sp³-hybridized carbons (Fsp3) is 0.353. The molecule has 0 spiro atoms. The third kappa shape index (κ3) is 4.19. The lowest BCUT2D eigenvalue weighted by molar-refractivity contribution is -0.138. The molecule has 0 radical (unpaired) electrons. The van der Waals surface area contributed by atoms with Gasteiger partial charge < -0.3 is 15.2 Å². The summed E-state index contributed by atoms with van der Waals surface area (Å²) in [6.07, 6.45) is 0.229. The molecular weight excluding hydrogens is 392 g/mol. The van der Waals surface area contributed by atoms with E-state index in [1.807, 2.05) is 24.3 Å². The Morgan fingerprint density at radius 3 is 2.64 bits per heavy atom. The van der Waals surface area contributed by atoms with Crippen molar-refractivity contribution in [2.24, 2.45) is 0 Å². The van der Waals surface area contributed by atoms with Gasteiger partial charge in [-0.1, -0.05) is 34.1 Å². The molecule has 134 valence electrons. The first-order valence-corrected chi connectivity index (χ1v) is 8.49. The normalized spacial score (nSPS) is 17.3. The fourth-order valence-electron chi connectivity index (χ4n) is 2.76. The summed E-state index contributed by atoms with van der Waals surface area (Å²) in [6, 6.07) is 6.26. The van der Waals surface area contributed by atoms with Gasteiger partial charge in [0.1, 0.15) is 0 Å². The van der Waals surface area contributed by atoms with Crippen molar-refractivity contribution >= 4 is 33.9 Å². The van der Waals surface area contributed by atoms with Gasteiger partial charge in [0.2, 0.25) is 0 Å². The molecule has 1 heterocycles. The molecule has 1 aliphatic rings. The van der Waals surface area contributed by atoms with Crippen LogP contribution in [-0.4, -0.2) is 41.6 Å². The zero-order chi connectivity index (χ0) is 18.6. The lowest BCUT2D eigenvalue weighted by atomic mass is 9.95.